The van der Waals surface area contributed by atoms with Gasteiger partial charge in [-0.05, 0) is 18.9 Å². The van der Waals surface area contributed by atoms with Gasteiger partial charge in [0.15, 0.2) is 9.84 Å². The van der Waals surface area contributed by atoms with E-state index < -0.39 is 21.3 Å². The molecule has 0 fully saturated rings. The number of sulfone groups is 1. The van der Waals surface area contributed by atoms with Crippen molar-refractivity contribution in [1.29, 1.82) is 5.26 Å². The van der Waals surface area contributed by atoms with Crippen LogP contribution >= 0.6 is 0 Å². The van der Waals surface area contributed by atoms with Gasteiger partial charge in [-0.1, -0.05) is 26.7 Å². The van der Waals surface area contributed by atoms with Crippen molar-refractivity contribution in [2.45, 2.75) is 45.6 Å². The van der Waals surface area contributed by atoms with Gasteiger partial charge in [-0.3, -0.25) is 4.79 Å². The largest absolute Gasteiger partial charge is 0.347 e. The van der Waals surface area contributed by atoms with Crippen LogP contribution in [-0.4, -0.2) is 26.1 Å². The van der Waals surface area contributed by atoms with Gasteiger partial charge >= 0.3 is 0 Å². The van der Waals surface area contributed by atoms with Gasteiger partial charge in [0.05, 0.1) is 17.9 Å². The second-order valence-electron chi connectivity index (χ2n) is 4.93. The van der Waals surface area contributed by atoms with E-state index in [-0.39, 0.29) is 11.7 Å². The summed E-state index contributed by atoms with van der Waals surface area (Å²) in [7, 11) is -3.20. The first kappa shape index (κ1) is 15.7. The summed E-state index contributed by atoms with van der Waals surface area (Å²) >= 11 is 0. The fourth-order valence-electron chi connectivity index (χ4n) is 2.34. The number of carbonyl (C=O) groups is 1. The molecule has 0 aromatic rings. The van der Waals surface area contributed by atoms with Crippen molar-refractivity contribution in [2.24, 2.45) is 5.41 Å². The first-order valence-corrected chi connectivity index (χ1v) is 8.24. The molecule has 5 nitrogen and oxygen atoms in total. The van der Waals surface area contributed by atoms with Crippen molar-refractivity contribution in [1.82, 2.24) is 5.32 Å². The normalized spacial score (nSPS) is 21.0. The lowest BCUT2D eigenvalue weighted by Gasteiger charge is -2.26. The zero-order valence-corrected chi connectivity index (χ0v) is 12.2. The fraction of sp³-hybridized carbons (Fsp3) is 0.692. The van der Waals surface area contributed by atoms with E-state index in [1.807, 2.05) is 13.8 Å². The Morgan fingerprint density at radius 3 is 2.37 bits per heavy atom. The van der Waals surface area contributed by atoms with Gasteiger partial charge in [0.1, 0.15) is 5.41 Å². The molecule has 1 heterocycles. The minimum absolute atomic E-state index is 0.113. The molecule has 0 saturated heterocycles. The summed E-state index contributed by atoms with van der Waals surface area (Å²) in [5, 5.41) is 13.1. The number of hydrogen-bond donors (Lipinski definition) is 1. The summed E-state index contributed by atoms with van der Waals surface area (Å²) in [6, 6.07) is 1.61. The highest BCUT2D eigenvalue weighted by Gasteiger charge is 2.38. The van der Waals surface area contributed by atoms with E-state index in [4.69, 9.17) is 0 Å². The molecule has 1 N–H and O–H groups in total. The van der Waals surface area contributed by atoms with Crippen LogP contribution < -0.4 is 5.32 Å². The Morgan fingerprint density at radius 2 is 2.00 bits per heavy atom. The summed E-state index contributed by atoms with van der Waals surface area (Å²) < 4.78 is 22.6. The quantitative estimate of drug-likeness (QED) is 0.801. The average Bonchev–Trinajstić information content (AvgIpc) is 2.68. The highest BCUT2D eigenvalue weighted by atomic mass is 32.2. The molecular weight excluding hydrogens is 264 g/mol. The lowest BCUT2D eigenvalue weighted by molar-refractivity contribution is -0.129. The van der Waals surface area contributed by atoms with Gasteiger partial charge in [-0.15, -0.1) is 0 Å². The molecule has 1 aliphatic heterocycles. The zero-order chi connectivity index (χ0) is 14.5. The van der Waals surface area contributed by atoms with Crippen LogP contribution in [-0.2, 0) is 14.6 Å². The summed E-state index contributed by atoms with van der Waals surface area (Å²) in [5.41, 5.74) is -1.04. The minimum atomic E-state index is -3.20. The van der Waals surface area contributed by atoms with Crippen LogP contribution in [0.2, 0.25) is 0 Å². The van der Waals surface area contributed by atoms with Gasteiger partial charge in [-0.25, -0.2) is 8.42 Å². The molecule has 1 aliphatic rings. The van der Waals surface area contributed by atoms with Crippen LogP contribution in [0.25, 0.3) is 0 Å². The van der Waals surface area contributed by atoms with Gasteiger partial charge < -0.3 is 5.32 Å². The third-order valence-corrected chi connectivity index (χ3v) is 4.64. The molecule has 1 atom stereocenters. The van der Waals surface area contributed by atoms with E-state index in [9.17, 15) is 18.5 Å². The van der Waals surface area contributed by atoms with Gasteiger partial charge in [-0.2, -0.15) is 5.26 Å². The Hall–Kier alpha value is -1.35. The highest BCUT2D eigenvalue weighted by Crippen LogP contribution is 2.29. The van der Waals surface area contributed by atoms with Crippen molar-refractivity contribution < 1.29 is 13.2 Å². The lowest BCUT2D eigenvalue weighted by Crippen LogP contribution is -2.45. The molecule has 106 valence electrons. The molecule has 0 aromatic carbocycles. The van der Waals surface area contributed by atoms with Gasteiger partial charge in [0.25, 0.3) is 0 Å². The van der Waals surface area contributed by atoms with E-state index in [0.717, 1.165) is 18.2 Å². The van der Waals surface area contributed by atoms with Gasteiger partial charge in [0, 0.05) is 5.41 Å². The standard InChI is InChI=1S/C13H20N2O3S/c1-3-6-13(10-14,7-4-2)12(16)15-11-5-8-19(17,18)9-11/h5,8,11H,3-4,6-7,9H2,1-2H3,(H,15,16). The zero-order valence-electron chi connectivity index (χ0n) is 11.3. The van der Waals surface area contributed by atoms with Crippen molar-refractivity contribution in [3.8, 4) is 6.07 Å². The summed E-state index contributed by atoms with van der Waals surface area (Å²) in [5.74, 6) is -0.469. The predicted molar refractivity (Wildman–Crippen MR) is 72.7 cm³/mol. The number of nitrogens with one attached hydrogen (secondary N) is 1. The molecule has 0 aliphatic carbocycles. The smallest absolute Gasteiger partial charge is 0.240 e. The van der Waals surface area contributed by atoms with Crippen molar-refractivity contribution >= 4 is 15.7 Å². The van der Waals surface area contributed by atoms with Crippen LogP contribution in [0.4, 0.5) is 0 Å². The molecule has 0 bridgehead atoms. The molecule has 0 spiro atoms. The molecule has 1 unspecified atom stereocenters. The molecule has 0 radical (unpaired) electrons. The summed E-state index contributed by atoms with van der Waals surface area (Å²) in [6.07, 6.45) is 3.92. The number of nitrogens with zero attached hydrogens (tertiary/aromatic N) is 1. The number of rotatable bonds is 6. The van der Waals surface area contributed by atoms with Crippen molar-refractivity contribution in [2.75, 3.05) is 5.75 Å². The number of amides is 1. The van der Waals surface area contributed by atoms with Gasteiger partial charge in [0.2, 0.25) is 5.91 Å². The molecule has 0 saturated carbocycles. The Kier molecular flexibility index (Phi) is 5.12. The summed E-state index contributed by atoms with van der Waals surface area (Å²) in [6.45, 7) is 3.85. The average molecular weight is 284 g/mol. The Labute approximate surface area is 114 Å². The highest BCUT2D eigenvalue weighted by molar-refractivity contribution is 7.94. The Morgan fingerprint density at radius 1 is 1.42 bits per heavy atom. The monoisotopic (exact) mass is 284 g/mol. The second kappa shape index (κ2) is 6.20. The number of nitriles is 1. The van der Waals surface area contributed by atoms with E-state index in [1.165, 1.54) is 6.08 Å². The SMILES string of the molecule is CCCC(C#N)(CCC)C(=O)NC1C=CS(=O)(=O)C1. The van der Waals surface area contributed by atoms with Crippen LogP contribution in [0.3, 0.4) is 0 Å². The molecule has 1 amide bonds. The fourth-order valence-corrected chi connectivity index (χ4v) is 3.58. The predicted octanol–water partition coefficient (Wildman–Crippen LogP) is 1.52. The molecule has 1 rings (SSSR count). The lowest BCUT2D eigenvalue weighted by atomic mass is 9.79. The second-order valence-corrected chi connectivity index (χ2v) is 6.86. The van der Waals surface area contributed by atoms with Crippen molar-refractivity contribution in [3.63, 3.8) is 0 Å². The van der Waals surface area contributed by atoms with E-state index in [2.05, 4.69) is 11.4 Å². The van der Waals surface area contributed by atoms with Crippen LogP contribution in [0.15, 0.2) is 11.5 Å². The van der Waals surface area contributed by atoms with E-state index in [0.29, 0.717) is 12.8 Å². The van der Waals surface area contributed by atoms with Crippen LogP contribution in [0.1, 0.15) is 39.5 Å². The maximum atomic E-state index is 12.3. The third kappa shape index (κ3) is 3.80. The summed E-state index contributed by atoms with van der Waals surface area (Å²) in [4.78, 5) is 12.3. The third-order valence-electron chi connectivity index (χ3n) is 3.25. The Balaban J connectivity index is 2.79. The van der Waals surface area contributed by atoms with Crippen LogP contribution in [0.5, 0.6) is 0 Å². The van der Waals surface area contributed by atoms with Crippen molar-refractivity contribution in [3.05, 3.63) is 11.5 Å². The topological polar surface area (TPSA) is 87.0 Å². The van der Waals surface area contributed by atoms with E-state index in [1.54, 1.807) is 0 Å². The minimum Gasteiger partial charge on any atom is -0.347 e. The van der Waals surface area contributed by atoms with E-state index >= 15 is 0 Å². The maximum absolute atomic E-state index is 12.3. The number of carbonyl (C=O) groups excluding carboxylic acids is 1. The molecule has 0 aromatic heterocycles. The molecular formula is C13H20N2O3S. The molecule has 19 heavy (non-hydrogen) atoms. The number of hydrogen-bond acceptors (Lipinski definition) is 4. The first-order chi connectivity index (χ1) is 8.89. The molecule has 6 heteroatoms. The first-order valence-electron chi connectivity index (χ1n) is 6.52. The van der Waals surface area contributed by atoms with Crippen LogP contribution in [0, 0.1) is 16.7 Å². The maximum Gasteiger partial charge on any atom is 0.240 e. The Bertz CT molecular complexity index is 496.